The quantitative estimate of drug-likeness (QED) is 0.662. The van der Waals surface area contributed by atoms with Gasteiger partial charge < -0.3 is 5.32 Å². The number of hydrogen-bond acceptors (Lipinski definition) is 6. The third-order valence-corrected chi connectivity index (χ3v) is 5.69. The maximum atomic E-state index is 11.6. The third kappa shape index (κ3) is 4.28. The Kier molecular flexibility index (Phi) is 4.94. The van der Waals surface area contributed by atoms with E-state index in [0.717, 1.165) is 22.1 Å². The Morgan fingerprint density at radius 2 is 1.88 bits per heavy atom. The lowest BCUT2D eigenvalue weighted by atomic mass is 10.1. The predicted octanol–water partition coefficient (Wildman–Crippen LogP) is 4.00. The normalized spacial score (nSPS) is 11.3. The van der Waals surface area contributed by atoms with E-state index in [1.807, 2.05) is 23.6 Å². The van der Waals surface area contributed by atoms with E-state index in [-0.39, 0.29) is 0 Å². The lowest BCUT2D eigenvalue weighted by Crippen LogP contribution is -2.24. The summed E-state index contributed by atoms with van der Waals surface area (Å²) in [5, 5.41) is 6.27. The molecule has 0 aliphatic rings. The first-order valence-electron chi connectivity index (χ1n) is 7.21. The number of nitrogens with zero attached hydrogens (tertiary/aromatic N) is 3. The van der Waals surface area contributed by atoms with Gasteiger partial charge in [-0.15, -0.1) is 11.3 Å². The summed E-state index contributed by atoms with van der Waals surface area (Å²) in [7, 11) is -1.75. The van der Waals surface area contributed by atoms with E-state index in [1.54, 1.807) is 24.4 Å². The lowest BCUT2D eigenvalue weighted by Gasteiger charge is -2.16. The van der Waals surface area contributed by atoms with Crippen molar-refractivity contribution in [1.29, 1.82) is 0 Å². The van der Waals surface area contributed by atoms with Crippen LogP contribution in [0.1, 0.15) is 0 Å². The molecule has 2 heterocycles. The van der Waals surface area contributed by atoms with Crippen LogP contribution < -0.4 is 9.62 Å². The highest BCUT2D eigenvalue weighted by Crippen LogP contribution is 2.28. The second-order valence-electron chi connectivity index (χ2n) is 5.31. The minimum Gasteiger partial charge on any atom is -0.330 e. The average Bonchev–Trinajstić information content (AvgIpc) is 3.04. The zero-order valence-electron chi connectivity index (χ0n) is 13.5. The first-order chi connectivity index (χ1) is 11.8. The van der Waals surface area contributed by atoms with Crippen molar-refractivity contribution in [2.45, 2.75) is 0 Å². The van der Waals surface area contributed by atoms with Crippen molar-refractivity contribution in [2.75, 3.05) is 22.9 Å². The summed E-state index contributed by atoms with van der Waals surface area (Å²) in [5.74, 6) is 0. The number of nitrogens with one attached hydrogen (secondary N) is 1. The van der Waals surface area contributed by atoms with Gasteiger partial charge in [0.1, 0.15) is 5.15 Å². The zero-order valence-corrected chi connectivity index (χ0v) is 15.9. The molecular formula is C16H15ClN4O2S2. The van der Waals surface area contributed by atoms with Crippen molar-refractivity contribution in [3.8, 4) is 11.3 Å². The largest absolute Gasteiger partial charge is 0.330 e. The van der Waals surface area contributed by atoms with Crippen LogP contribution >= 0.6 is 22.9 Å². The Labute approximate surface area is 155 Å². The molecule has 0 unspecified atom stereocenters. The van der Waals surface area contributed by atoms with E-state index in [4.69, 9.17) is 11.6 Å². The van der Waals surface area contributed by atoms with Crippen molar-refractivity contribution in [3.63, 3.8) is 0 Å². The highest BCUT2D eigenvalue weighted by Gasteiger charge is 2.12. The number of aromatic nitrogens is 2. The fraction of sp³-hybridized carbons (Fsp3) is 0.125. The molecule has 25 heavy (non-hydrogen) atoms. The minimum atomic E-state index is -3.27. The molecule has 0 aliphatic carbocycles. The van der Waals surface area contributed by atoms with Crippen LogP contribution in [0.15, 0.2) is 48.0 Å². The molecule has 0 saturated carbocycles. The number of anilines is 3. The van der Waals surface area contributed by atoms with E-state index in [9.17, 15) is 8.42 Å². The first kappa shape index (κ1) is 17.7. The molecule has 9 heteroatoms. The molecule has 1 N–H and O–H groups in total. The molecule has 0 atom stereocenters. The van der Waals surface area contributed by atoms with Gasteiger partial charge in [0, 0.05) is 18.0 Å². The fourth-order valence-corrected chi connectivity index (χ4v) is 3.43. The third-order valence-electron chi connectivity index (χ3n) is 3.51. The topological polar surface area (TPSA) is 75.2 Å². The summed E-state index contributed by atoms with van der Waals surface area (Å²) in [6.07, 6.45) is 2.81. The molecular weight excluding hydrogens is 380 g/mol. The highest BCUT2D eigenvalue weighted by molar-refractivity contribution is 7.92. The molecule has 2 aromatic heterocycles. The number of benzene rings is 1. The maximum absolute atomic E-state index is 11.6. The van der Waals surface area contributed by atoms with Crippen molar-refractivity contribution in [2.24, 2.45) is 0 Å². The predicted molar refractivity (Wildman–Crippen MR) is 103 cm³/mol. The Bertz CT molecular complexity index is 970. The number of hydrogen-bond donors (Lipinski definition) is 1. The summed E-state index contributed by atoms with van der Waals surface area (Å²) in [4.78, 5) is 8.55. The number of rotatable bonds is 5. The zero-order chi connectivity index (χ0) is 18.0. The van der Waals surface area contributed by atoms with Crippen molar-refractivity contribution < 1.29 is 8.42 Å². The van der Waals surface area contributed by atoms with Gasteiger partial charge in [0.05, 0.1) is 29.5 Å². The van der Waals surface area contributed by atoms with Gasteiger partial charge in [-0.05, 0) is 24.3 Å². The van der Waals surface area contributed by atoms with Crippen LogP contribution in [-0.4, -0.2) is 31.7 Å². The summed E-state index contributed by atoms with van der Waals surface area (Å²) < 4.78 is 24.4. The Balaban J connectivity index is 1.77. The molecule has 0 fully saturated rings. The van der Waals surface area contributed by atoms with E-state index in [1.165, 1.54) is 28.9 Å². The Hall–Kier alpha value is -2.16. The monoisotopic (exact) mass is 394 g/mol. The second-order valence-corrected chi connectivity index (χ2v) is 8.57. The van der Waals surface area contributed by atoms with Crippen molar-refractivity contribution in [1.82, 2.24) is 9.97 Å². The number of thiazole rings is 1. The summed E-state index contributed by atoms with van der Waals surface area (Å²) in [5.41, 5.74) is 3.12. The first-order valence-corrected chi connectivity index (χ1v) is 10.3. The molecule has 0 radical (unpaired) electrons. The Morgan fingerprint density at radius 3 is 2.48 bits per heavy atom. The summed E-state index contributed by atoms with van der Waals surface area (Å²) in [6.45, 7) is 0. The smallest absolute Gasteiger partial charge is 0.231 e. The molecule has 1 aromatic carbocycles. The molecule has 0 aliphatic heterocycles. The second kappa shape index (κ2) is 6.99. The SMILES string of the molecule is CN(c1ccc(-c2csc(Nc3ccc(Cl)nc3)n2)cc1)S(C)(=O)=O. The van der Waals surface area contributed by atoms with Crippen LogP contribution in [-0.2, 0) is 10.0 Å². The van der Waals surface area contributed by atoms with Crippen LogP contribution in [0.2, 0.25) is 5.15 Å². The van der Waals surface area contributed by atoms with Gasteiger partial charge in [-0.3, -0.25) is 4.31 Å². The van der Waals surface area contributed by atoms with E-state index in [2.05, 4.69) is 15.3 Å². The van der Waals surface area contributed by atoms with Gasteiger partial charge in [0.2, 0.25) is 10.0 Å². The van der Waals surface area contributed by atoms with E-state index in [0.29, 0.717) is 10.8 Å². The van der Waals surface area contributed by atoms with Crippen LogP contribution in [0, 0.1) is 0 Å². The van der Waals surface area contributed by atoms with Crippen LogP contribution in [0.4, 0.5) is 16.5 Å². The van der Waals surface area contributed by atoms with Crippen LogP contribution in [0.25, 0.3) is 11.3 Å². The van der Waals surface area contributed by atoms with E-state index < -0.39 is 10.0 Å². The Morgan fingerprint density at radius 1 is 1.16 bits per heavy atom. The molecule has 0 spiro atoms. The lowest BCUT2D eigenvalue weighted by molar-refractivity contribution is 0.600. The average molecular weight is 395 g/mol. The molecule has 130 valence electrons. The van der Waals surface area contributed by atoms with Gasteiger partial charge in [-0.2, -0.15) is 0 Å². The van der Waals surface area contributed by atoms with Gasteiger partial charge >= 0.3 is 0 Å². The van der Waals surface area contributed by atoms with E-state index >= 15 is 0 Å². The molecule has 0 amide bonds. The molecule has 0 saturated heterocycles. The minimum absolute atomic E-state index is 0.435. The maximum Gasteiger partial charge on any atom is 0.231 e. The van der Waals surface area contributed by atoms with Crippen LogP contribution in [0.3, 0.4) is 0 Å². The van der Waals surface area contributed by atoms with Gasteiger partial charge in [-0.25, -0.2) is 18.4 Å². The number of halogens is 1. The summed E-state index contributed by atoms with van der Waals surface area (Å²) in [6, 6.07) is 10.7. The standard InChI is InChI=1S/C16H15ClN4O2S2/c1-21(25(2,22)23)13-6-3-11(4-7-13)14-10-24-16(20-14)19-12-5-8-15(17)18-9-12/h3-10H,1-2H3,(H,19,20). The molecule has 3 aromatic rings. The number of pyridine rings is 1. The van der Waals surface area contributed by atoms with Crippen molar-refractivity contribution in [3.05, 3.63) is 53.1 Å². The van der Waals surface area contributed by atoms with Gasteiger partial charge in [-0.1, -0.05) is 23.7 Å². The van der Waals surface area contributed by atoms with Gasteiger partial charge in [0.15, 0.2) is 5.13 Å². The van der Waals surface area contributed by atoms with Crippen LogP contribution in [0.5, 0.6) is 0 Å². The molecule has 3 rings (SSSR count). The van der Waals surface area contributed by atoms with Gasteiger partial charge in [0.25, 0.3) is 0 Å². The summed E-state index contributed by atoms with van der Waals surface area (Å²) >= 11 is 7.24. The molecule has 6 nitrogen and oxygen atoms in total. The van der Waals surface area contributed by atoms with Crippen molar-refractivity contribution >= 4 is 49.5 Å². The highest BCUT2D eigenvalue weighted by atomic mass is 35.5. The molecule has 0 bridgehead atoms. The fourth-order valence-electron chi connectivity index (χ4n) is 2.07. The number of sulfonamides is 1.